The molecular formula is C32H53N2NaO26S. The van der Waals surface area contributed by atoms with Gasteiger partial charge in [-0.05, 0) is 6.92 Å². The number of aliphatic carboxylic acids is 1. The number of nitrogens with one attached hydrogen (secondary N) is 2. The number of hydrogen-bond donors (Lipinski definition) is 13. The maximum Gasteiger partial charge on any atom is 1.00 e. The maximum absolute atomic E-state index is 12.9. The molecule has 28 nitrogen and oxygen atoms in total. The number of carboxylic acids is 1. The number of hydrogen-bond acceptors (Lipinski definition) is 25. The number of ether oxygens (including phenoxy) is 8. The van der Waals surface area contributed by atoms with Crippen LogP contribution in [0.15, 0.2) is 0 Å². The number of methoxy groups -OCH3 is 1. The van der Waals surface area contributed by atoms with Gasteiger partial charge in [0.15, 0.2) is 18.9 Å². The summed E-state index contributed by atoms with van der Waals surface area (Å²) < 4.78 is 84.8. The van der Waals surface area contributed by atoms with Gasteiger partial charge in [0, 0.05) is 27.4 Å². The normalized spacial score (nSPS) is 42.5. The minimum atomic E-state index is -5.50. The molecule has 0 spiro atoms. The Labute approximate surface area is 375 Å². The fourth-order valence-electron chi connectivity index (χ4n) is 7.31. The smallest absolute Gasteiger partial charge is 0.726 e. The number of aliphatic hydroxyl groups excluding tert-OH is 10. The van der Waals surface area contributed by atoms with E-state index in [2.05, 4.69) is 14.8 Å². The van der Waals surface area contributed by atoms with E-state index >= 15 is 0 Å². The zero-order valence-electron chi connectivity index (χ0n) is 33.8. The van der Waals surface area contributed by atoms with Crippen molar-refractivity contribution in [2.75, 3.05) is 26.9 Å². The molecule has 4 aliphatic heterocycles. The van der Waals surface area contributed by atoms with Crippen molar-refractivity contribution >= 4 is 28.2 Å². The van der Waals surface area contributed by atoms with E-state index in [1.165, 1.54) is 6.92 Å². The Balaban J connectivity index is 0.0000102. The van der Waals surface area contributed by atoms with E-state index in [4.69, 9.17) is 37.9 Å². The Morgan fingerprint density at radius 3 is 1.90 bits per heavy atom. The summed E-state index contributed by atoms with van der Waals surface area (Å²) in [6.07, 6.45) is -36.6. The quantitative estimate of drug-likeness (QED) is 0.0366. The van der Waals surface area contributed by atoms with Gasteiger partial charge in [0.25, 0.3) is 5.79 Å². The van der Waals surface area contributed by atoms with Gasteiger partial charge in [0.2, 0.25) is 22.2 Å². The van der Waals surface area contributed by atoms with E-state index in [9.17, 15) is 83.5 Å². The van der Waals surface area contributed by atoms with Crippen LogP contribution in [-0.4, -0.2) is 242 Å². The molecule has 0 aliphatic carbocycles. The molecule has 4 rings (SSSR count). The van der Waals surface area contributed by atoms with E-state index < -0.39 is 183 Å². The molecule has 0 bridgehead atoms. The van der Waals surface area contributed by atoms with Crippen LogP contribution in [0.4, 0.5) is 0 Å². The first-order valence-corrected chi connectivity index (χ1v) is 19.9. The average Bonchev–Trinajstić information content (AvgIpc) is 3.18. The number of aliphatic hydroxyl groups is 10. The van der Waals surface area contributed by atoms with E-state index in [1.807, 2.05) is 0 Å². The van der Waals surface area contributed by atoms with Crippen molar-refractivity contribution in [2.45, 2.75) is 155 Å². The van der Waals surface area contributed by atoms with Crippen LogP contribution in [-0.2, 0) is 66.9 Å². The zero-order chi connectivity index (χ0) is 45.9. The molecule has 62 heavy (non-hydrogen) atoms. The van der Waals surface area contributed by atoms with Crippen LogP contribution in [0.3, 0.4) is 0 Å². The molecule has 30 heteroatoms. The third-order valence-corrected chi connectivity index (χ3v) is 10.8. The minimum Gasteiger partial charge on any atom is -0.726 e. The largest absolute Gasteiger partial charge is 1.00 e. The second-order valence-electron chi connectivity index (χ2n) is 14.7. The Morgan fingerprint density at radius 2 is 1.37 bits per heavy atom. The Morgan fingerprint density at radius 1 is 0.806 bits per heavy atom. The van der Waals surface area contributed by atoms with Gasteiger partial charge >= 0.3 is 35.5 Å². The van der Waals surface area contributed by atoms with Crippen molar-refractivity contribution in [3.63, 3.8) is 0 Å². The van der Waals surface area contributed by atoms with Gasteiger partial charge in [-0.25, -0.2) is 13.2 Å². The Hall–Kier alpha value is -1.44. The second kappa shape index (κ2) is 22.8. The van der Waals surface area contributed by atoms with Crippen molar-refractivity contribution in [3.8, 4) is 0 Å². The standard InChI is InChI=1S/C32H54N2O26S.Na/c1-9-18(41)21(44)22(45)29(54-9)58-26-17(34-11(3)38)28(52-4)56-15(8-53-61(49,50)51)24(26)57-30-23(46)27(20(43)14(7-36)55-30)60-32(31(47)48)5-12(39)16(33-10(2)37)25(59-32)19(42)13(40)6-35;/h9,12-30,35-36,39-46H,5-8H2,1-4H3,(H,33,37)(H,34,38)(H,47,48)(H,49,50,51);/q;+1/p-1/t9-,12-,13+,14+,15+,16?,17+,18+,19+,20-,21+,22-,23+,24+,25+,26+,27-,28?,29-,30-,32-;/m0./s1. The van der Waals surface area contributed by atoms with Crippen LogP contribution in [0.1, 0.15) is 27.2 Å². The van der Waals surface area contributed by atoms with Gasteiger partial charge < -0.3 is 109 Å². The Kier molecular flexibility index (Phi) is 20.2. The number of carbonyl (C=O) groups excluding carboxylic acids is 2. The number of carboxylic acid groups (broad SMARTS) is 1. The molecule has 0 saturated carbocycles. The molecule has 2 amide bonds. The predicted molar refractivity (Wildman–Crippen MR) is 186 cm³/mol. The second-order valence-corrected chi connectivity index (χ2v) is 15.8. The minimum absolute atomic E-state index is 0. The summed E-state index contributed by atoms with van der Waals surface area (Å²) in [5, 5.41) is 121. The SMILES string of the molecule is COC1O[C@H](COS(=O)(=O)[O-])[C@@H](O[C@@H]2O[C@H](CO)[C@H](O)[C@H](O[C@]3(C(=O)O)C[C@H](O)C(NC(C)=O)[C@H]([C@H](O)[C@H](O)CO)O3)[C@H]2O)[C@H](O[C@@H]2O[C@@H](C)[C@@H](O)[C@@H](O)[C@@H]2O)[C@H]1NC(C)=O.[Na+]. The summed E-state index contributed by atoms with van der Waals surface area (Å²) >= 11 is 0. The first-order valence-electron chi connectivity index (χ1n) is 18.6. The molecular weight excluding hydrogens is 883 g/mol. The van der Waals surface area contributed by atoms with Crippen LogP contribution in [0.2, 0.25) is 0 Å². The first kappa shape index (κ1) is 54.9. The van der Waals surface area contributed by atoms with E-state index in [1.54, 1.807) is 0 Å². The molecule has 4 aliphatic rings. The van der Waals surface area contributed by atoms with Gasteiger partial charge in [-0.3, -0.25) is 13.8 Å². The van der Waals surface area contributed by atoms with Gasteiger partial charge in [-0.2, -0.15) is 0 Å². The van der Waals surface area contributed by atoms with Gasteiger partial charge in [0.05, 0.1) is 38.1 Å². The Bertz CT molecular complexity index is 1600. The summed E-state index contributed by atoms with van der Waals surface area (Å²) in [6.45, 7) is -0.164. The first-order chi connectivity index (χ1) is 28.4. The molecule has 354 valence electrons. The molecule has 0 aromatic heterocycles. The topological polar surface area (TPSA) is 438 Å². The molecule has 0 aromatic carbocycles. The van der Waals surface area contributed by atoms with Crippen molar-refractivity contribution in [1.29, 1.82) is 0 Å². The summed E-state index contributed by atoms with van der Waals surface area (Å²) in [6, 6.07) is -3.22. The molecule has 4 saturated heterocycles. The molecule has 4 heterocycles. The third kappa shape index (κ3) is 12.7. The van der Waals surface area contributed by atoms with Gasteiger partial charge in [-0.1, -0.05) is 0 Å². The van der Waals surface area contributed by atoms with Crippen molar-refractivity contribution in [2.24, 2.45) is 0 Å². The summed E-state index contributed by atoms with van der Waals surface area (Å²) in [5.41, 5.74) is 0. The zero-order valence-corrected chi connectivity index (χ0v) is 36.6. The molecule has 2 unspecified atom stereocenters. The van der Waals surface area contributed by atoms with Crippen LogP contribution >= 0.6 is 0 Å². The van der Waals surface area contributed by atoms with Crippen LogP contribution in [0, 0.1) is 0 Å². The number of carbonyl (C=O) groups is 3. The molecule has 21 atom stereocenters. The fraction of sp³-hybridized carbons (Fsp3) is 0.906. The van der Waals surface area contributed by atoms with Gasteiger partial charge in [0.1, 0.15) is 85.4 Å². The van der Waals surface area contributed by atoms with Crippen LogP contribution < -0.4 is 40.2 Å². The third-order valence-electron chi connectivity index (χ3n) is 10.4. The molecule has 4 fully saturated rings. The molecule has 0 aromatic rings. The van der Waals surface area contributed by atoms with Crippen molar-refractivity contribution < 1.29 is 155 Å². The van der Waals surface area contributed by atoms with Crippen molar-refractivity contribution in [3.05, 3.63) is 0 Å². The van der Waals surface area contributed by atoms with Crippen LogP contribution in [0.5, 0.6) is 0 Å². The van der Waals surface area contributed by atoms with Gasteiger partial charge in [-0.15, -0.1) is 0 Å². The summed E-state index contributed by atoms with van der Waals surface area (Å²) in [7, 11) is -4.44. The summed E-state index contributed by atoms with van der Waals surface area (Å²) in [4.78, 5) is 37.4. The summed E-state index contributed by atoms with van der Waals surface area (Å²) in [5.74, 6) is -6.87. The van der Waals surface area contributed by atoms with E-state index in [0.29, 0.717) is 0 Å². The molecule has 13 N–H and O–H groups in total. The van der Waals surface area contributed by atoms with Crippen LogP contribution in [0.25, 0.3) is 0 Å². The molecule has 0 radical (unpaired) electrons. The average molecular weight is 937 g/mol. The maximum atomic E-state index is 12.9. The number of rotatable bonds is 17. The van der Waals surface area contributed by atoms with E-state index in [-0.39, 0.29) is 29.6 Å². The van der Waals surface area contributed by atoms with Crippen molar-refractivity contribution in [1.82, 2.24) is 10.6 Å². The predicted octanol–water partition coefficient (Wildman–Crippen LogP) is -12.1. The number of amides is 2. The monoisotopic (exact) mass is 936 g/mol. The fourth-order valence-corrected chi connectivity index (χ4v) is 7.61. The van der Waals surface area contributed by atoms with E-state index in [0.717, 1.165) is 21.0 Å².